The third-order valence-corrected chi connectivity index (χ3v) is 7.18. The molecule has 7 heteroatoms. The van der Waals surface area contributed by atoms with Crippen LogP contribution in [0, 0.1) is 5.82 Å². The van der Waals surface area contributed by atoms with Crippen LogP contribution in [-0.4, -0.2) is 42.0 Å². The molecule has 1 amide bonds. The largest absolute Gasteiger partial charge is 0.454 e. The second-order valence-corrected chi connectivity index (χ2v) is 9.60. The highest BCUT2D eigenvalue weighted by Crippen LogP contribution is 2.42. The number of nitrogens with zero attached hydrogens (tertiary/aromatic N) is 1. The van der Waals surface area contributed by atoms with Gasteiger partial charge < -0.3 is 19.8 Å². The highest BCUT2D eigenvalue weighted by molar-refractivity contribution is 5.92. The van der Waals surface area contributed by atoms with E-state index in [9.17, 15) is 14.0 Å². The zero-order chi connectivity index (χ0) is 25.1. The fourth-order valence-corrected chi connectivity index (χ4v) is 4.93. The van der Waals surface area contributed by atoms with Crippen molar-refractivity contribution < 1.29 is 23.1 Å². The topological polar surface area (TPSA) is 85.8 Å². The molecule has 2 aromatic carbocycles. The number of furan rings is 1. The van der Waals surface area contributed by atoms with E-state index >= 15 is 0 Å². The van der Waals surface area contributed by atoms with Gasteiger partial charge in [0.15, 0.2) is 5.60 Å². The Bertz CT molecular complexity index is 1180. The van der Waals surface area contributed by atoms with E-state index in [0.717, 1.165) is 11.1 Å². The van der Waals surface area contributed by atoms with E-state index in [1.54, 1.807) is 18.2 Å². The summed E-state index contributed by atoms with van der Waals surface area (Å²) in [5.41, 5.74) is 5.97. The molecule has 3 aromatic rings. The van der Waals surface area contributed by atoms with Crippen LogP contribution in [0.15, 0.2) is 71.1 Å². The molecule has 0 spiro atoms. The standard InChI is InChI=1S/C28H31FN2O4/c1-31(2)27(19-21-9-6-10-22(29)17-21)13-15-28(16-14-27,26(30)33)35-25(32)24-12-11-23(34-24)18-20-7-4-3-5-8-20/h3-12,17H,13-16,18-19H2,1-2H3,(H2,30,33). The van der Waals surface area contributed by atoms with Gasteiger partial charge in [0.05, 0.1) is 0 Å². The summed E-state index contributed by atoms with van der Waals surface area (Å²) in [5, 5.41) is 0. The van der Waals surface area contributed by atoms with E-state index in [1.165, 1.54) is 12.1 Å². The number of likely N-dealkylation sites (N-methyl/N-ethyl adjacent to an activating group) is 1. The molecule has 2 N–H and O–H groups in total. The quantitative estimate of drug-likeness (QED) is 0.482. The third kappa shape index (κ3) is 5.46. The van der Waals surface area contributed by atoms with Crippen molar-refractivity contribution in [1.82, 2.24) is 4.90 Å². The number of rotatable bonds is 8. The molecule has 1 heterocycles. The fourth-order valence-electron chi connectivity index (χ4n) is 4.93. The summed E-state index contributed by atoms with van der Waals surface area (Å²) < 4.78 is 25.2. The Balaban J connectivity index is 1.47. The van der Waals surface area contributed by atoms with E-state index in [2.05, 4.69) is 4.90 Å². The van der Waals surface area contributed by atoms with Crippen molar-refractivity contribution in [3.8, 4) is 0 Å². The molecule has 1 aromatic heterocycles. The average Bonchev–Trinajstić information content (AvgIpc) is 3.29. The molecule has 0 radical (unpaired) electrons. The van der Waals surface area contributed by atoms with Crippen LogP contribution in [0.2, 0.25) is 0 Å². The molecule has 1 fully saturated rings. The monoisotopic (exact) mass is 478 g/mol. The van der Waals surface area contributed by atoms with E-state index in [1.807, 2.05) is 50.5 Å². The Morgan fingerprint density at radius 1 is 0.971 bits per heavy atom. The van der Waals surface area contributed by atoms with Gasteiger partial charge in [-0.1, -0.05) is 42.5 Å². The second-order valence-electron chi connectivity index (χ2n) is 9.60. The Kier molecular flexibility index (Phi) is 7.08. The van der Waals surface area contributed by atoms with Crippen molar-refractivity contribution >= 4 is 11.9 Å². The van der Waals surface area contributed by atoms with Crippen LogP contribution in [0.1, 0.15) is 53.1 Å². The SMILES string of the molecule is CN(C)C1(Cc2cccc(F)c2)CCC(OC(=O)c2ccc(Cc3ccccc3)o2)(C(N)=O)CC1. The highest BCUT2D eigenvalue weighted by Gasteiger charge is 2.50. The zero-order valence-corrected chi connectivity index (χ0v) is 20.1. The van der Waals surface area contributed by atoms with Gasteiger partial charge in [-0.2, -0.15) is 0 Å². The number of carbonyl (C=O) groups is 2. The summed E-state index contributed by atoms with van der Waals surface area (Å²) in [7, 11) is 3.94. The predicted molar refractivity (Wildman–Crippen MR) is 130 cm³/mol. The van der Waals surface area contributed by atoms with Gasteiger partial charge in [0, 0.05) is 12.0 Å². The maximum atomic E-state index is 13.8. The van der Waals surface area contributed by atoms with Gasteiger partial charge in [0.2, 0.25) is 5.76 Å². The Hall–Kier alpha value is -3.45. The van der Waals surface area contributed by atoms with Gasteiger partial charge in [0.25, 0.3) is 5.91 Å². The molecule has 4 rings (SSSR count). The molecule has 6 nitrogen and oxygen atoms in total. The molecule has 0 bridgehead atoms. The summed E-state index contributed by atoms with van der Waals surface area (Å²) >= 11 is 0. The first-order valence-electron chi connectivity index (χ1n) is 11.8. The number of halogens is 1. The second kappa shape index (κ2) is 10.0. The normalized spacial score (nSPS) is 22.2. The third-order valence-electron chi connectivity index (χ3n) is 7.18. The molecule has 1 saturated carbocycles. The number of amides is 1. The van der Waals surface area contributed by atoms with Crippen molar-refractivity contribution in [3.05, 3.63) is 95.2 Å². The minimum atomic E-state index is -1.41. The van der Waals surface area contributed by atoms with Gasteiger partial charge in [-0.25, -0.2) is 9.18 Å². The van der Waals surface area contributed by atoms with Gasteiger partial charge >= 0.3 is 5.97 Å². The van der Waals surface area contributed by atoms with Crippen LogP contribution < -0.4 is 5.73 Å². The van der Waals surface area contributed by atoms with E-state index < -0.39 is 17.5 Å². The number of carbonyl (C=O) groups excluding carboxylic acids is 2. The smallest absolute Gasteiger partial charge is 0.375 e. The first-order valence-corrected chi connectivity index (χ1v) is 11.8. The van der Waals surface area contributed by atoms with Gasteiger partial charge in [-0.15, -0.1) is 0 Å². The molecule has 0 aliphatic heterocycles. The Morgan fingerprint density at radius 3 is 2.29 bits per heavy atom. The van der Waals surface area contributed by atoms with E-state index in [-0.39, 0.29) is 30.0 Å². The van der Waals surface area contributed by atoms with Crippen LogP contribution in [0.5, 0.6) is 0 Å². The number of hydrogen-bond donors (Lipinski definition) is 1. The fraction of sp³-hybridized carbons (Fsp3) is 0.357. The van der Waals surface area contributed by atoms with E-state index in [0.29, 0.717) is 31.4 Å². The Morgan fingerprint density at radius 2 is 1.66 bits per heavy atom. The van der Waals surface area contributed by atoms with Gasteiger partial charge in [-0.05, 0) is 81.6 Å². The summed E-state index contributed by atoms with van der Waals surface area (Å²) in [6, 6.07) is 19.6. The molecule has 0 atom stereocenters. The summed E-state index contributed by atoms with van der Waals surface area (Å²) in [6.45, 7) is 0. The molecular formula is C28H31FN2O4. The summed E-state index contributed by atoms with van der Waals surface area (Å²) in [4.78, 5) is 27.6. The maximum absolute atomic E-state index is 13.8. The number of esters is 1. The minimum Gasteiger partial charge on any atom is -0.454 e. The van der Waals surface area contributed by atoms with Crippen molar-refractivity contribution in [1.29, 1.82) is 0 Å². The van der Waals surface area contributed by atoms with Crippen molar-refractivity contribution in [2.45, 2.75) is 49.7 Å². The predicted octanol–water partition coefficient (Wildman–Crippen LogP) is 4.51. The van der Waals surface area contributed by atoms with Crippen molar-refractivity contribution in [2.75, 3.05) is 14.1 Å². The lowest BCUT2D eigenvalue weighted by Crippen LogP contribution is -2.57. The van der Waals surface area contributed by atoms with Crippen LogP contribution in [0.4, 0.5) is 4.39 Å². The average molecular weight is 479 g/mol. The first-order chi connectivity index (χ1) is 16.7. The number of primary amides is 1. The Labute approximate surface area is 204 Å². The number of ether oxygens (including phenoxy) is 1. The molecule has 35 heavy (non-hydrogen) atoms. The molecule has 1 aliphatic carbocycles. The number of nitrogens with two attached hydrogens (primary N) is 1. The molecule has 0 saturated heterocycles. The van der Waals surface area contributed by atoms with Crippen LogP contribution in [0.25, 0.3) is 0 Å². The van der Waals surface area contributed by atoms with E-state index in [4.69, 9.17) is 14.9 Å². The van der Waals surface area contributed by atoms with Crippen LogP contribution in [-0.2, 0) is 22.4 Å². The summed E-state index contributed by atoms with van der Waals surface area (Å²) in [6.07, 6.45) is 2.83. The molecule has 184 valence electrons. The van der Waals surface area contributed by atoms with Crippen LogP contribution >= 0.6 is 0 Å². The lowest BCUT2D eigenvalue weighted by Gasteiger charge is -2.48. The van der Waals surface area contributed by atoms with Gasteiger partial charge in [-0.3, -0.25) is 4.79 Å². The molecular weight excluding hydrogens is 447 g/mol. The first kappa shape index (κ1) is 24.7. The van der Waals surface area contributed by atoms with Crippen molar-refractivity contribution in [2.24, 2.45) is 5.73 Å². The van der Waals surface area contributed by atoms with Crippen molar-refractivity contribution in [3.63, 3.8) is 0 Å². The zero-order valence-electron chi connectivity index (χ0n) is 20.1. The highest BCUT2D eigenvalue weighted by atomic mass is 19.1. The number of hydrogen-bond acceptors (Lipinski definition) is 5. The van der Waals surface area contributed by atoms with Crippen LogP contribution in [0.3, 0.4) is 0 Å². The lowest BCUT2D eigenvalue weighted by atomic mass is 9.70. The minimum absolute atomic E-state index is 0.0424. The molecule has 1 aliphatic rings. The number of benzene rings is 2. The summed E-state index contributed by atoms with van der Waals surface area (Å²) in [5.74, 6) is -0.981. The molecule has 0 unspecified atom stereocenters. The maximum Gasteiger partial charge on any atom is 0.375 e. The lowest BCUT2D eigenvalue weighted by molar-refractivity contribution is -0.144. The van der Waals surface area contributed by atoms with Gasteiger partial charge in [0.1, 0.15) is 11.6 Å².